The summed E-state index contributed by atoms with van der Waals surface area (Å²) in [6, 6.07) is 4.61. The first-order valence-electron chi connectivity index (χ1n) is 13.8. The summed E-state index contributed by atoms with van der Waals surface area (Å²) in [5.74, 6) is -2.63. The van der Waals surface area contributed by atoms with Crippen LogP contribution in [0.3, 0.4) is 0 Å². The minimum atomic E-state index is -1.34. The van der Waals surface area contributed by atoms with Crippen LogP contribution in [0.4, 0.5) is 15.8 Å². The number of allylic oxidation sites excluding steroid dienone is 4. The summed E-state index contributed by atoms with van der Waals surface area (Å²) in [6.45, 7) is 7.87. The minimum absolute atomic E-state index is 0.0646. The zero-order valence-electron chi connectivity index (χ0n) is 24.7. The molecule has 3 N–H and O–H groups in total. The fourth-order valence-electron chi connectivity index (χ4n) is 6.90. The standard InChI is InChI=1S/C31H34Cl2FN3O5S/c1-29(2,3)14-20-31(25-18(36-28(31)40)13-21(33)43-25)23(30(4)11-7-8-16(32)24(30)34)22(37-20)26(38)35-17-10-9-15(27(39)42-6)12-19(17)41-5/h7-10,12-13,20,22-23,37H,11,14H2,1-6H3,(H,35,38)(H,36,40)/t20-,22+,23?,30?,31+/m0/s1. The Labute approximate surface area is 264 Å². The molecule has 1 fully saturated rings. The maximum Gasteiger partial charge on any atom is 0.337 e. The van der Waals surface area contributed by atoms with E-state index in [0.29, 0.717) is 27.0 Å². The topological polar surface area (TPSA) is 106 Å². The summed E-state index contributed by atoms with van der Waals surface area (Å²) in [6.07, 6.45) is 3.99. The van der Waals surface area contributed by atoms with Crippen LogP contribution >= 0.6 is 34.5 Å². The third-order valence-electron chi connectivity index (χ3n) is 8.64. The number of methoxy groups -OCH3 is 2. The van der Waals surface area contributed by atoms with Crippen molar-refractivity contribution in [1.29, 1.82) is 0 Å². The number of amides is 2. The lowest BCUT2D eigenvalue weighted by Gasteiger charge is -2.45. The molecule has 1 aromatic carbocycles. The molecular weight excluding hydrogens is 616 g/mol. The molecule has 2 unspecified atom stereocenters. The van der Waals surface area contributed by atoms with Gasteiger partial charge >= 0.3 is 5.97 Å². The van der Waals surface area contributed by atoms with Gasteiger partial charge in [-0.2, -0.15) is 0 Å². The van der Waals surface area contributed by atoms with Crippen molar-refractivity contribution in [3.05, 3.63) is 62.1 Å². The molecule has 5 rings (SSSR count). The van der Waals surface area contributed by atoms with E-state index < -0.39 is 46.5 Å². The SMILES string of the molecule is COC(=O)c1ccc(NC(=O)[C@@H]2N[C@@H](CC(C)(C)C)[C@@]3(C(=O)Nc4cc(Cl)sc43)C2C2(C)CC=CC(Cl)=C2F)c(OC)c1. The first-order chi connectivity index (χ1) is 20.2. The number of benzene rings is 1. The van der Waals surface area contributed by atoms with Gasteiger partial charge in [-0.15, -0.1) is 11.3 Å². The molecule has 1 aliphatic carbocycles. The van der Waals surface area contributed by atoms with Gasteiger partial charge in [0.1, 0.15) is 17.0 Å². The van der Waals surface area contributed by atoms with Crippen molar-refractivity contribution >= 4 is 63.7 Å². The van der Waals surface area contributed by atoms with Crippen molar-refractivity contribution in [3.63, 3.8) is 0 Å². The lowest BCUT2D eigenvalue weighted by atomic mass is 9.56. The molecule has 3 heterocycles. The normalized spacial score (nSPS) is 28.2. The number of fused-ring (bicyclic) bond motifs is 2. The zero-order chi connectivity index (χ0) is 31.5. The van der Waals surface area contributed by atoms with Crippen molar-refractivity contribution in [2.24, 2.45) is 16.7 Å². The molecule has 1 aromatic heterocycles. The fourth-order valence-corrected chi connectivity index (χ4v) is 8.67. The predicted octanol–water partition coefficient (Wildman–Crippen LogP) is 6.80. The zero-order valence-corrected chi connectivity index (χ0v) is 27.0. The number of rotatable bonds is 6. The van der Waals surface area contributed by atoms with Crippen LogP contribution in [0.1, 0.15) is 55.8 Å². The molecule has 12 heteroatoms. The molecule has 8 nitrogen and oxygen atoms in total. The molecule has 1 saturated heterocycles. The number of nitrogens with one attached hydrogen (secondary N) is 3. The number of halogens is 3. The van der Waals surface area contributed by atoms with Gasteiger partial charge in [-0.05, 0) is 48.6 Å². The summed E-state index contributed by atoms with van der Waals surface area (Å²) in [7, 11) is 2.69. The Hall–Kier alpha value is -2.92. The van der Waals surface area contributed by atoms with Gasteiger partial charge in [-0.1, -0.05) is 57.0 Å². The third-order valence-corrected chi connectivity index (χ3v) is 10.3. The number of hydrogen-bond donors (Lipinski definition) is 3. The average Bonchev–Trinajstić information content (AvgIpc) is 3.56. The molecule has 2 aromatic rings. The highest BCUT2D eigenvalue weighted by Gasteiger charge is 2.71. The first kappa shape index (κ1) is 31.5. The number of anilines is 2. The Morgan fingerprint density at radius 1 is 1.21 bits per heavy atom. The maximum atomic E-state index is 16.3. The van der Waals surface area contributed by atoms with E-state index >= 15 is 4.39 Å². The summed E-state index contributed by atoms with van der Waals surface area (Å²) in [5.41, 5.74) is -1.83. The summed E-state index contributed by atoms with van der Waals surface area (Å²) in [4.78, 5) is 41.4. The van der Waals surface area contributed by atoms with E-state index in [0.717, 1.165) is 0 Å². The van der Waals surface area contributed by atoms with Crippen molar-refractivity contribution in [3.8, 4) is 5.75 Å². The van der Waals surface area contributed by atoms with Gasteiger partial charge in [0.2, 0.25) is 11.8 Å². The summed E-state index contributed by atoms with van der Waals surface area (Å²) < 4.78 is 27.1. The highest BCUT2D eigenvalue weighted by atomic mass is 35.5. The summed E-state index contributed by atoms with van der Waals surface area (Å²) >= 11 is 14.1. The third kappa shape index (κ3) is 5.16. The molecule has 0 radical (unpaired) electrons. The Bertz CT molecular complexity index is 1570. The number of carbonyl (C=O) groups excluding carboxylic acids is 3. The summed E-state index contributed by atoms with van der Waals surface area (Å²) in [5, 5.41) is 9.32. The molecule has 0 bridgehead atoms. The number of thiophene rings is 1. The van der Waals surface area contributed by atoms with E-state index in [1.54, 1.807) is 19.1 Å². The number of carbonyl (C=O) groups is 3. The monoisotopic (exact) mass is 649 g/mol. The second-order valence-electron chi connectivity index (χ2n) is 12.6. The minimum Gasteiger partial charge on any atom is -0.495 e. The van der Waals surface area contributed by atoms with E-state index in [9.17, 15) is 14.4 Å². The Morgan fingerprint density at radius 3 is 2.58 bits per heavy atom. The molecule has 2 aliphatic heterocycles. The van der Waals surface area contributed by atoms with Crippen LogP contribution in [0.5, 0.6) is 5.75 Å². The van der Waals surface area contributed by atoms with Crippen molar-refractivity contribution in [2.75, 3.05) is 24.9 Å². The van der Waals surface area contributed by atoms with Gasteiger partial charge in [0.05, 0.1) is 46.6 Å². The van der Waals surface area contributed by atoms with Gasteiger partial charge in [0.25, 0.3) is 0 Å². The Balaban J connectivity index is 1.68. The van der Waals surface area contributed by atoms with Gasteiger partial charge in [-0.25, -0.2) is 9.18 Å². The number of hydrogen-bond acceptors (Lipinski definition) is 7. The number of ether oxygens (including phenoxy) is 2. The van der Waals surface area contributed by atoms with Gasteiger partial charge in [0, 0.05) is 22.3 Å². The van der Waals surface area contributed by atoms with Crippen molar-refractivity contribution in [2.45, 2.75) is 58.0 Å². The second-order valence-corrected chi connectivity index (χ2v) is 14.7. The van der Waals surface area contributed by atoms with Crippen LogP contribution < -0.4 is 20.7 Å². The fraction of sp³-hybridized carbons (Fsp3) is 0.452. The van der Waals surface area contributed by atoms with E-state index in [4.69, 9.17) is 32.7 Å². The van der Waals surface area contributed by atoms with Crippen LogP contribution in [0.15, 0.2) is 47.3 Å². The van der Waals surface area contributed by atoms with E-state index in [-0.39, 0.29) is 34.1 Å². The van der Waals surface area contributed by atoms with E-state index in [2.05, 4.69) is 36.7 Å². The van der Waals surface area contributed by atoms with E-state index in [1.807, 2.05) is 0 Å². The van der Waals surface area contributed by atoms with Crippen LogP contribution in [-0.2, 0) is 19.7 Å². The average molecular weight is 651 g/mol. The van der Waals surface area contributed by atoms with Gasteiger partial charge in [0.15, 0.2) is 0 Å². The molecule has 0 saturated carbocycles. The first-order valence-corrected chi connectivity index (χ1v) is 15.4. The van der Waals surface area contributed by atoms with Crippen LogP contribution in [-0.4, -0.2) is 44.1 Å². The molecule has 3 aliphatic rings. The van der Waals surface area contributed by atoms with Gasteiger partial charge in [-0.3, -0.25) is 9.59 Å². The molecule has 2 amide bonds. The molecule has 5 atom stereocenters. The van der Waals surface area contributed by atoms with Crippen LogP contribution in [0, 0.1) is 16.7 Å². The molecule has 43 heavy (non-hydrogen) atoms. The predicted molar refractivity (Wildman–Crippen MR) is 167 cm³/mol. The van der Waals surface area contributed by atoms with Crippen molar-refractivity contribution in [1.82, 2.24) is 5.32 Å². The quantitative estimate of drug-likeness (QED) is 0.297. The van der Waals surface area contributed by atoms with Crippen molar-refractivity contribution < 1.29 is 28.2 Å². The highest BCUT2D eigenvalue weighted by molar-refractivity contribution is 7.17. The molecule has 230 valence electrons. The highest BCUT2D eigenvalue weighted by Crippen LogP contribution is 2.63. The van der Waals surface area contributed by atoms with Crippen LogP contribution in [0.2, 0.25) is 4.34 Å². The Kier molecular flexibility index (Phi) is 8.22. The maximum absolute atomic E-state index is 16.3. The van der Waals surface area contributed by atoms with E-state index in [1.165, 1.54) is 49.8 Å². The number of esters is 1. The largest absolute Gasteiger partial charge is 0.495 e. The smallest absolute Gasteiger partial charge is 0.337 e. The lowest BCUT2D eigenvalue weighted by molar-refractivity contribution is -0.126. The Morgan fingerprint density at radius 2 is 1.93 bits per heavy atom. The second kappa shape index (κ2) is 11.2. The van der Waals surface area contributed by atoms with Crippen LogP contribution in [0.25, 0.3) is 0 Å². The van der Waals surface area contributed by atoms with Gasteiger partial charge < -0.3 is 25.4 Å². The molecule has 1 spiro atoms. The lowest BCUT2D eigenvalue weighted by Crippen LogP contribution is -2.55. The molecular formula is C31H34Cl2FN3O5S.